The zero-order valence-corrected chi connectivity index (χ0v) is 24.7. The van der Waals surface area contributed by atoms with Crippen LogP contribution in [0.15, 0.2) is 79.0 Å². The molecule has 0 saturated heterocycles. The van der Waals surface area contributed by atoms with Gasteiger partial charge in [-0.05, 0) is 111 Å². The van der Waals surface area contributed by atoms with Gasteiger partial charge in [0, 0.05) is 29.4 Å². The third-order valence-corrected chi connectivity index (χ3v) is 7.28. The molecule has 5 heteroatoms. The zero-order chi connectivity index (χ0) is 29.0. The maximum absolute atomic E-state index is 13.4. The molecule has 0 aliphatic heterocycles. The van der Waals surface area contributed by atoms with Crippen LogP contribution in [0.5, 0.6) is 5.75 Å². The lowest BCUT2D eigenvalue weighted by Crippen LogP contribution is -2.04. The van der Waals surface area contributed by atoms with Crippen LogP contribution in [0.3, 0.4) is 0 Å². The van der Waals surface area contributed by atoms with Crippen LogP contribution in [0.4, 0.5) is 0 Å². The number of unbranched alkanes of at least 4 members (excludes halogenated alkanes) is 2. The molecular formula is C36H43NO4. The van der Waals surface area contributed by atoms with Crippen molar-refractivity contribution in [3.8, 4) is 5.75 Å². The summed E-state index contributed by atoms with van der Waals surface area (Å²) in [6.07, 6.45) is 9.20. The number of hydrogen-bond acceptors (Lipinski definition) is 4. The van der Waals surface area contributed by atoms with E-state index in [2.05, 4.69) is 38.1 Å². The van der Waals surface area contributed by atoms with Crippen molar-refractivity contribution in [2.24, 2.45) is 5.92 Å². The molecule has 0 saturated carbocycles. The molecule has 0 radical (unpaired) electrons. The first-order chi connectivity index (χ1) is 19.9. The summed E-state index contributed by atoms with van der Waals surface area (Å²) in [6.45, 7) is 7.38. The Morgan fingerprint density at radius 2 is 1.59 bits per heavy atom. The number of carbonyl (C=O) groups is 2. The molecule has 0 N–H and O–H groups in total. The molecule has 0 atom stereocenters. The Bertz CT molecular complexity index is 1400. The number of pyridine rings is 1. The Kier molecular flexibility index (Phi) is 11.2. The number of carbonyl (C=O) groups excluding carboxylic acids is 2. The Labute approximate surface area is 244 Å². The highest BCUT2D eigenvalue weighted by atomic mass is 16.5. The van der Waals surface area contributed by atoms with E-state index < -0.39 is 0 Å². The van der Waals surface area contributed by atoms with E-state index in [1.807, 2.05) is 66.1 Å². The second-order valence-electron chi connectivity index (χ2n) is 11.1. The average Bonchev–Trinajstić information content (AvgIpc) is 3.34. The molecule has 0 aliphatic carbocycles. The van der Waals surface area contributed by atoms with Gasteiger partial charge in [-0.3, -0.25) is 9.59 Å². The molecule has 0 amide bonds. The van der Waals surface area contributed by atoms with Gasteiger partial charge in [0.1, 0.15) is 5.75 Å². The van der Waals surface area contributed by atoms with E-state index in [9.17, 15) is 9.59 Å². The maximum atomic E-state index is 13.4. The van der Waals surface area contributed by atoms with Crippen LogP contribution in [0.1, 0.15) is 85.6 Å². The van der Waals surface area contributed by atoms with Crippen molar-refractivity contribution in [3.63, 3.8) is 0 Å². The fourth-order valence-corrected chi connectivity index (χ4v) is 5.21. The third-order valence-electron chi connectivity index (χ3n) is 7.28. The van der Waals surface area contributed by atoms with Gasteiger partial charge in [0.25, 0.3) is 0 Å². The molecule has 0 unspecified atom stereocenters. The van der Waals surface area contributed by atoms with Crippen molar-refractivity contribution in [2.45, 2.75) is 72.1 Å². The molecule has 216 valence electrons. The van der Waals surface area contributed by atoms with E-state index in [4.69, 9.17) is 9.47 Å². The minimum Gasteiger partial charge on any atom is -0.494 e. The number of fused-ring (bicyclic) bond motifs is 1. The van der Waals surface area contributed by atoms with Crippen molar-refractivity contribution < 1.29 is 19.1 Å². The summed E-state index contributed by atoms with van der Waals surface area (Å²) in [6, 6.07) is 24.3. The van der Waals surface area contributed by atoms with Crippen LogP contribution in [0.25, 0.3) is 5.52 Å². The number of ether oxygens (including phenoxy) is 2. The molecule has 4 rings (SSSR count). The fourth-order valence-electron chi connectivity index (χ4n) is 5.21. The number of rotatable bonds is 16. The Balaban J connectivity index is 1.25. The normalized spacial score (nSPS) is 11.2. The third kappa shape index (κ3) is 8.81. The van der Waals surface area contributed by atoms with Gasteiger partial charge in [-0.2, -0.15) is 0 Å². The van der Waals surface area contributed by atoms with Crippen LogP contribution in [-0.4, -0.2) is 29.4 Å². The highest BCUT2D eigenvalue weighted by Gasteiger charge is 2.17. The lowest BCUT2D eigenvalue weighted by atomic mass is 10.00. The van der Waals surface area contributed by atoms with Crippen molar-refractivity contribution in [3.05, 3.63) is 107 Å². The smallest absolute Gasteiger partial charge is 0.305 e. The number of ketones is 1. The summed E-state index contributed by atoms with van der Waals surface area (Å²) in [7, 11) is 0. The minimum absolute atomic E-state index is 0.0193. The maximum Gasteiger partial charge on any atom is 0.305 e. The molecule has 2 heterocycles. The molecule has 41 heavy (non-hydrogen) atoms. The quantitative estimate of drug-likeness (QED) is 0.0800. The summed E-state index contributed by atoms with van der Waals surface area (Å²) in [4.78, 5) is 25.2. The highest BCUT2D eigenvalue weighted by molar-refractivity contribution is 6.13. The zero-order valence-electron chi connectivity index (χ0n) is 24.7. The first-order valence-electron chi connectivity index (χ1n) is 15.0. The van der Waals surface area contributed by atoms with Crippen LogP contribution >= 0.6 is 0 Å². The topological polar surface area (TPSA) is 57.0 Å². The van der Waals surface area contributed by atoms with Crippen LogP contribution in [0, 0.1) is 5.92 Å². The summed E-state index contributed by atoms with van der Waals surface area (Å²) in [5.74, 6) is 1.26. The van der Waals surface area contributed by atoms with E-state index in [1.54, 1.807) is 0 Å². The molecule has 0 aliphatic rings. The Morgan fingerprint density at radius 3 is 2.32 bits per heavy atom. The molecule has 0 bridgehead atoms. The summed E-state index contributed by atoms with van der Waals surface area (Å²) in [5.41, 5.74) is 6.00. The second kappa shape index (κ2) is 15.2. The number of aromatic nitrogens is 1. The predicted octanol–water partition coefficient (Wildman–Crippen LogP) is 8.05. The highest BCUT2D eigenvalue weighted by Crippen LogP contribution is 2.23. The number of esters is 1. The second-order valence-corrected chi connectivity index (χ2v) is 11.1. The molecule has 5 nitrogen and oxygen atoms in total. The van der Waals surface area contributed by atoms with Crippen molar-refractivity contribution >= 4 is 17.3 Å². The monoisotopic (exact) mass is 553 g/mol. The van der Waals surface area contributed by atoms with Crippen molar-refractivity contribution in [2.75, 3.05) is 13.2 Å². The molecule has 4 aromatic rings. The van der Waals surface area contributed by atoms with E-state index in [0.717, 1.165) is 49.1 Å². The summed E-state index contributed by atoms with van der Waals surface area (Å²) < 4.78 is 13.0. The van der Waals surface area contributed by atoms with Crippen molar-refractivity contribution in [1.82, 2.24) is 4.40 Å². The summed E-state index contributed by atoms with van der Waals surface area (Å²) >= 11 is 0. The van der Waals surface area contributed by atoms with Crippen LogP contribution < -0.4 is 4.74 Å². The Hall–Kier alpha value is -3.86. The van der Waals surface area contributed by atoms with Gasteiger partial charge in [-0.25, -0.2) is 0 Å². The van der Waals surface area contributed by atoms with Gasteiger partial charge in [0.2, 0.25) is 0 Å². The van der Waals surface area contributed by atoms with Gasteiger partial charge in [-0.15, -0.1) is 0 Å². The SMILES string of the molecule is CCOC(=O)CCCc1cc(C(=O)c2ccc(OCCCCCc3ccc(CC(C)C)cc3)cc2)c2ccccn12. The van der Waals surface area contributed by atoms with Gasteiger partial charge in [0.05, 0.1) is 18.7 Å². The molecule has 2 aromatic carbocycles. The van der Waals surface area contributed by atoms with E-state index in [1.165, 1.54) is 11.1 Å². The number of benzene rings is 2. The summed E-state index contributed by atoms with van der Waals surface area (Å²) in [5, 5.41) is 0. The van der Waals surface area contributed by atoms with Crippen molar-refractivity contribution in [1.29, 1.82) is 0 Å². The van der Waals surface area contributed by atoms with Gasteiger partial charge >= 0.3 is 5.97 Å². The van der Waals surface area contributed by atoms with Gasteiger partial charge in [-0.1, -0.05) is 44.2 Å². The minimum atomic E-state index is -0.185. The van der Waals surface area contributed by atoms with E-state index in [-0.39, 0.29) is 11.8 Å². The number of aryl methyl sites for hydroxylation is 2. The van der Waals surface area contributed by atoms with Crippen LogP contribution in [0.2, 0.25) is 0 Å². The number of hydrogen-bond donors (Lipinski definition) is 0. The molecule has 2 aromatic heterocycles. The lowest BCUT2D eigenvalue weighted by molar-refractivity contribution is -0.143. The molecular weight excluding hydrogens is 510 g/mol. The van der Waals surface area contributed by atoms with Crippen LogP contribution in [-0.2, 0) is 28.8 Å². The number of nitrogens with zero attached hydrogens (tertiary/aromatic N) is 1. The van der Waals surface area contributed by atoms with E-state index >= 15 is 0 Å². The van der Waals surface area contributed by atoms with Gasteiger partial charge in [0.15, 0.2) is 5.78 Å². The lowest BCUT2D eigenvalue weighted by Gasteiger charge is -2.08. The van der Waals surface area contributed by atoms with Gasteiger partial charge < -0.3 is 13.9 Å². The Morgan fingerprint density at radius 1 is 0.829 bits per heavy atom. The molecule has 0 fully saturated rings. The largest absolute Gasteiger partial charge is 0.494 e. The first-order valence-corrected chi connectivity index (χ1v) is 15.0. The standard InChI is InChI=1S/C36H43NO4/c1-4-40-35(38)14-10-12-31-26-33(34-13-7-8-23-37(31)34)36(39)30-19-21-32(22-20-30)41-24-9-5-6-11-28-15-17-29(18-16-28)25-27(2)3/h7-8,13,15-23,26-27H,4-6,9-12,14,24-25H2,1-3H3. The fraction of sp³-hybridized carbons (Fsp3) is 0.389. The van der Waals surface area contributed by atoms with E-state index in [0.29, 0.717) is 49.5 Å². The predicted molar refractivity (Wildman–Crippen MR) is 165 cm³/mol. The molecule has 0 spiro atoms. The average molecular weight is 554 g/mol. The first kappa shape index (κ1) is 30.1.